The number of rotatable bonds is 5. The number of ether oxygens (including phenoxy) is 1. The topological polar surface area (TPSA) is 47.3 Å². The fourth-order valence-corrected chi connectivity index (χ4v) is 3.23. The second-order valence-corrected chi connectivity index (χ2v) is 6.65. The molecule has 0 aliphatic heterocycles. The summed E-state index contributed by atoms with van der Waals surface area (Å²) in [6, 6.07) is 12.2. The minimum Gasteiger partial charge on any atom is -0.497 e. The Hall–Kier alpha value is -0.880. The number of aryl methyl sites for hydroxylation is 1. The summed E-state index contributed by atoms with van der Waals surface area (Å²) in [5, 5.41) is 0. The molecule has 5 heteroatoms. The van der Waals surface area contributed by atoms with Crippen molar-refractivity contribution in [3.05, 3.63) is 62.0 Å². The molecule has 1 unspecified atom stereocenters. The third-order valence-corrected chi connectivity index (χ3v) is 4.75. The molecule has 2 aromatic rings. The molecule has 0 fully saturated rings. The van der Waals surface area contributed by atoms with Gasteiger partial charge in [-0.1, -0.05) is 37.9 Å². The standard InChI is InChI=1S/C16H18Br2N2O/c1-10-7-12(17)3-5-14(10)16(20-19)9-11-8-13(21-2)4-6-15(11)18/h3-8,16,20H,9,19H2,1-2H3. The van der Waals surface area contributed by atoms with Crippen LogP contribution in [0.4, 0.5) is 0 Å². The normalized spacial score (nSPS) is 12.2. The first kappa shape index (κ1) is 16.5. The van der Waals surface area contributed by atoms with Gasteiger partial charge in [0.15, 0.2) is 0 Å². The van der Waals surface area contributed by atoms with Gasteiger partial charge in [-0.25, -0.2) is 0 Å². The summed E-state index contributed by atoms with van der Waals surface area (Å²) in [5.74, 6) is 6.62. The molecule has 2 rings (SSSR count). The van der Waals surface area contributed by atoms with Crippen molar-refractivity contribution in [2.75, 3.05) is 7.11 Å². The third kappa shape index (κ3) is 4.07. The minimum atomic E-state index is 0.0431. The Bertz CT molecular complexity index is 632. The fraction of sp³-hybridized carbons (Fsp3) is 0.250. The average molecular weight is 414 g/mol. The van der Waals surface area contributed by atoms with Crippen LogP contribution in [0.5, 0.6) is 5.75 Å². The molecule has 0 amide bonds. The molecular weight excluding hydrogens is 396 g/mol. The van der Waals surface area contributed by atoms with Crippen molar-refractivity contribution < 1.29 is 4.74 Å². The van der Waals surface area contributed by atoms with Gasteiger partial charge in [-0.3, -0.25) is 11.3 Å². The number of nitrogens with one attached hydrogen (secondary N) is 1. The Labute approximate surface area is 142 Å². The van der Waals surface area contributed by atoms with Crippen molar-refractivity contribution >= 4 is 31.9 Å². The molecular formula is C16H18Br2N2O. The average Bonchev–Trinajstić information content (AvgIpc) is 2.47. The Morgan fingerprint density at radius 3 is 2.57 bits per heavy atom. The van der Waals surface area contributed by atoms with Gasteiger partial charge in [-0.15, -0.1) is 0 Å². The monoisotopic (exact) mass is 412 g/mol. The van der Waals surface area contributed by atoms with Crippen LogP contribution in [0.3, 0.4) is 0 Å². The van der Waals surface area contributed by atoms with Gasteiger partial charge in [0.05, 0.1) is 13.2 Å². The lowest BCUT2D eigenvalue weighted by atomic mass is 9.96. The maximum atomic E-state index is 5.77. The second kappa shape index (κ2) is 7.40. The molecule has 0 saturated carbocycles. The summed E-state index contributed by atoms with van der Waals surface area (Å²) in [4.78, 5) is 0. The summed E-state index contributed by atoms with van der Waals surface area (Å²) in [6.07, 6.45) is 0.775. The Morgan fingerprint density at radius 2 is 1.95 bits per heavy atom. The molecule has 3 nitrogen and oxygen atoms in total. The van der Waals surface area contributed by atoms with Crippen LogP contribution in [-0.4, -0.2) is 7.11 Å². The van der Waals surface area contributed by atoms with Gasteiger partial charge in [0.25, 0.3) is 0 Å². The highest BCUT2D eigenvalue weighted by Crippen LogP contribution is 2.29. The second-order valence-electron chi connectivity index (χ2n) is 4.88. The highest BCUT2D eigenvalue weighted by molar-refractivity contribution is 9.10. The largest absolute Gasteiger partial charge is 0.497 e. The van der Waals surface area contributed by atoms with E-state index in [4.69, 9.17) is 10.6 Å². The first-order valence-electron chi connectivity index (χ1n) is 6.59. The van der Waals surface area contributed by atoms with Crippen LogP contribution in [0.1, 0.15) is 22.7 Å². The summed E-state index contributed by atoms with van der Waals surface area (Å²) < 4.78 is 7.42. The summed E-state index contributed by atoms with van der Waals surface area (Å²) >= 11 is 7.08. The van der Waals surface area contributed by atoms with Crippen LogP contribution in [0.15, 0.2) is 45.3 Å². The molecule has 0 saturated heterocycles. The maximum Gasteiger partial charge on any atom is 0.119 e. The highest BCUT2D eigenvalue weighted by atomic mass is 79.9. The number of hydrazine groups is 1. The van der Waals surface area contributed by atoms with Crippen molar-refractivity contribution in [2.45, 2.75) is 19.4 Å². The lowest BCUT2D eigenvalue weighted by molar-refractivity contribution is 0.413. The number of methoxy groups -OCH3 is 1. The highest BCUT2D eigenvalue weighted by Gasteiger charge is 2.15. The van der Waals surface area contributed by atoms with Crippen LogP contribution in [0.2, 0.25) is 0 Å². The number of halogens is 2. The smallest absolute Gasteiger partial charge is 0.119 e. The SMILES string of the molecule is COc1ccc(Br)c(CC(NN)c2ccc(Br)cc2C)c1. The van der Waals surface area contributed by atoms with Crippen LogP contribution in [0.25, 0.3) is 0 Å². The van der Waals surface area contributed by atoms with Crippen LogP contribution >= 0.6 is 31.9 Å². The molecule has 0 spiro atoms. The van der Waals surface area contributed by atoms with Crippen LogP contribution < -0.4 is 16.0 Å². The molecule has 3 N–H and O–H groups in total. The van der Waals surface area contributed by atoms with E-state index in [0.29, 0.717) is 0 Å². The van der Waals surface area contributed by atoms with Crippen molar-refractivity contribution in [3.63, 3.8) is 0 Å². The summed E-state index contributed by atoms with van der Waals surface area (Å²) in [6.45, 7) is 2.09. The maximum absolute atomic E-state index is 5.77. The van der Waals surface area contributed by atoms with E-state index in [1.54, 1.807) is 7.11 Å². The minimum absolute atomic E-state index is 0.0431. The summed E-state index contributed by atoms with van der Waals surface area (Å²) in [7, 11) is 1.67. The number of hydrogen-bond acceptors (Lipinski definition) is 3. The Kier molecular flexibility index (Phi) is 5.81. The van der Waals surface area contributed by atoms with Crippen LogP contribution in [0, 0.1) is 6.92 Å². The van der Waals surface area contributed by atoms with Gasteiger partial charge in [-0.05, 0) is 60.4 Å². The van der Waals surface area contributed by atoms with Gasteiger partial charge in [0.2, 0.25) is 0 Å². The zero-order valence-electron chi connectivity index (χ0n) is 12.0. The van der Waals surface area contributed by atoms with Gasteiger partial charge < -0.3 is 4.74 Å². The summed E-state index contributed by atoms with van der Waals surface area (Å²) in [5.41, 5.74) is 6.46. The van der Waals surface area contributed by atoms with Crippen LogP contribution in [-0.2, 0) is 6.42 Å². The van der Waals surface area contributed by atoms with Crippen molar-refractivity contribution in [1.29, 1.82) is 0 Å². The van der Waals surface area contributed by atoms with E-state index in [9.17, 15) is 0 Å². The molecule has 21 heavy (non-hydrogen) atoms. The Morgan fingerprint density at radius 1 is 1.19 bits per heavy atom. The number of nitrogens with two attached hydrogens (primary N) is 1. The predicted molar refractivity (Wildman–Crippen MR) is 93.3 cm³/mol. The predicted octanol–water partition coefficient (Wildman–Crippen LogP) is 4.28. The van der Waals surface area contributed by atoms with Gasteiger partial charge in [0, 0.05) is 8.95 Å². The molecule has 0 aliphatic carbocycles. The van der Waals surface area contributed by atoms with E-state index < -0.39 is 0 Å². The van der Waals surface area contributed by atoms with E-state index in [2.05, 4.69) is 56.3 Å². The molecule has 0 radical (unpaired) electrons. The van der Waals surface area contributed by atoms with E-state index in [1.165, 1.54) is 11.1 Å². The zero-order chi connectivity index (χ0) is 15.4. The van der Waals surface area contributed by atoms with E-state index in [1.807, 2.05) is 24.3 Å². The van der Waals surface area contributed by atoms with Crippen molar-refractivity contribution in [1.82, 2.24) is 5.43 Å². The molecule has 1 atom stereocenters. The number of hydrogen-bond donors (Lipinski definition) is 2. The molecule has 0 bridgehead atoms. The third-order valence-electron chi connectivity index (χ3n) is 3.49. The fourth-order valence-electron chi connectivity index (χ4n) is 2.34. The first-order valence-corrected chi connectivity index (χ1v) is 8.18. The van der Waals surface area contributed by atoms with Crippen molar-refractivity contribution in [2.24, 2.45) is 5.84 Å². The van der Waals surface area contributed by atoms with Gasteiger partial charge in [-0.2, -0.15) is 0 Å². The Balaban J connectivity index is 2.30. The number of benzene rings is 2. The molecule has 0 aromatic heterocycles. The molecule has 2 aromatic carbocycles. The molecule has 112 valence electrons. The molecule has 0 heterocycles. The zero-order valence-corrected chi connectivity index (χ0v) is 15.2. The lowest BCUT2D eigenvalue weighted by Gasteiger charge is -2.20. The van der Waals surface area contributed by atoms with E-state index in [0.717, 1.165) is 26.7 Å². The van der Waals surface area contributed by atoms with Crippen molar-refractivity contribution in [3.8, 4) is 5.75 Å². The van der Waals surface area contributed by atoms with E-state index in [-0.39, 0.29) is 6.04 Å². The quantitative estimate of drug-likeness (QED) is 0.568. The van der Waals surface area contributed by atoms with Gasteiger partial charge >= 0.3 is 0 Å². The first-order chi connectivity index (χ1) is 10.0. The lowest BCUT2D eigenvalue weighted by Crippen LogP contribution is -2.30. The van der Waals surface area contributed by atoms with E-state index >= 15 is 0 Å². The van der Waals surface area contributed by atoms with Gasteiger partial charge in [0.1, 0.15) is 5.75 Å². The molecule has 0 aliphatic rings.